The van der Waals surface area contributed by atoms with Crippen molar-refractivity contribution >= 4 is 32.9 Å². The number of aryl methyl sites for hydroxylation is 1. The summed E-state index contributed by atoms with van der Waals surface area (Å²) in [6.07, 6.45) is 3.84. The van der Waals surface area contributed by atoms with Crippen LogP contribution in [0.3, 0.4) is 0 Å². The predicted octanol–water partition coefficient (Wildman–Crippen LogP) is 3.87. The second kappa shape index (κ2) is 7.61. The standard InChI is InChI=1S/C15H16BrN5O.C2H6/c1-8-10(6-18-9(2)12(8)22-3)7-21-5-4-11-13(16)19-15(17)20-14(11)21;1-2/h4-6H,7H2,1-3H3,(H2,17,19,20);1-2H3. The van der Waals surface area contributed by atoms with Crippen molar-refractivity contribution in [1.29, 1.82) is 0 Å². The summed E-state index contributed by atoms with van der Waals surface area (Å²) in [5.74, 6) is 1.07. The number of hydrogen-bond acceptors (Lipinski definition) is 5. The van der Waals surface area contributed by atoms with E-state index in [2.05, 4.69) is 30.9 Å². The lowest BCUT2D eigenvalue weighted by molar-refractivity contribution is 0.405. The fraction of sp³-hybridized carbons (Fsp3) is 0.353. The molecule has 0 amide bonds. The van der Waals surface area contributed by atoms with Crippen LogP contribution in [0.1, 0.15) is 30.7 Å². The van der Waals surface area contributed by atoms with E-state index in [0.29, 0.717) is 11.1 Å². The fourth-order valence-corrected chi connectivity index (χ4v) is 3.05. The zero-order valence-corrected chi connectivity index (χ0v) is 16.2. The van der Waals surface area contributed by atoms with Crippen molar-refractivity contribution < 1.29 is 4.74 Å². The van der Waals surface area contributed by atoms with Gasteiger partial charge in [-0.25, -0.2) is 4.98 Å². The summed E-state index contributed by atoms with van der Waals surface area (Å²) in [6, 6.07) is 1.97. The van der Waals surface area contributed by atoms with Gasteiger partial charge < -0.3 is 15.0 Å². The Morgan fingerprint density at radius 1 is 1.25 bits per heavy atom. The van der Waals surface area contributed by atoms with E-state index in [1.165, 1.54) is 0 Å². The number of rotatable bonds is 3. The number of aromatic nitrogens is 4. The van der Waals surface area contributed by atoms with Crippen molar-refractivity contribution in [2.75, 3.05) is 12.8 Å². The highest BCUT2D eigenvalue weighted by molar-refractivity contribution is 9.10. The van der Waals surface area contributed by atoms with E-state index in [-0.39, 0.29) is 5.95 Å². The Bertz CT molecular complexity index is 860. The van der Waals surface area contributed by atoms with Crippen LogP contribution in [0.4, 0.5) is 5.95 Å². The maximum Gasteiger partial charge on any atom is 0.223 e. The largest absolute Gasteiger partial charge is 0.495 e. The van der Waals surface area contributed by atoms with Gasteiger partial charge in [0.2, 0.25) is 5.95 Å². The van der Waals surface area contributed by atoms with Crippen LogP contribution in [0.25, 0.3) is 11.0 Å². The fourth-order valence-electron chi connectivity index (χ4n) is 2.56. The first-order chi connectivity index (χ1) is 11.5. The maximum atomic E-state index is 5.74. The zero-order valence-electron chi connectivity index (χ0n) is 14.6. The number of hydrogen-bond donors (Lipinski definition) is 1. The Hall–Kier alpha value is -2.15. The van der Waals surface area contributed by atoms with Gasteiger partial charge in [-0.15, -0.1) is 0 Å². The summed E-state index contributed by atoms with van der Waals surface area (Å²) < 4.78 is 8.16. The van der Waals surface area contributed by atoms with Gasteiger partial charge in [0, 0.05) is 12.4 Å². The molecule has 0 aliphatic heterocycles. The molecule has 0 radical (unpaired) electrons. The normalized spacial score (nSPS) is 10.4. The van der Waals surface area contributed by atoms with Crippen LogP contribution in [0.15, 0.2) is 23.1 Å². The maximum absolute atomic E-state index is 5.74. The molecule has 3 heterocycles. The van der Waals surface area contributed by atoms with Crippen LogP contribution < -0.4 is 10.5 Å². The monoisotopic (exact) mass is 391 g/mol. The van der Waals surface area contributed by atoms with E-state index in [9.17, 15) is 0 Å². The zero-order chi connectivity index (χ0) is 17.9. The third-order valence-electron chi connectivity index (χ3n) is 3.70. The Morgan fingerprint density at radius 3 is 2.62 bits per heavy atom. The summed E-state index contributed by atoms with van der Waals surface area (Å²) in [6.45, 7) is 8.61. The van der Waals surface area contributed by atoms with E-state index in [4.69, 9.17) is 10.5 Å². The molecule has 0 aromatic carbocycles. The number of pyridine rings is 1. The quantitative estimate of drug-likeness (QED) is 0.685. The Labute approximate surface area is 150 Å². The van der Waals surface area contributed by atoms with Crippen molar-refractivity contribution in [1.82, 2.24) is 19.5 Å². The molecule has 6 nitrogen and oxygen atoms in total. The number of nitrogen functional groups attached to an aromatic ring is 1. The molecule has 0 aliphatic carbocycles. The summed E-state index contributed by atoms with van der Waals surface area (Å²) in [4.78, 5) is 12.8. The average Bonchev–Trinajstić information content (AvgIpc) is 2.96. The van der Waals surface area contributed by atoms with Gasteiger partial charge in [0.05, 0.1) is 24.7 Å². The highest BCUT2D eigenvalue weighted by Crippen LogP contribution is 2.27. The van der Waals surface area contributed by atoms with Gasteiger partial charge in [-0.1, -0.05) is 13.8 Å². The van der Waals surface area contributed by atoms with Gasteiger partial charge in [-0.05, 0) is 47.0 Å². The molecule has 0 saturated heterocycles. The molecule has 0 bridgehead atoms. The van der Waals surface area contributed by atoms with E-state index < -0.39 is 0 Å². The molecule has 3 aromatic rings. The van der Waals surface area contributed by atoms with Crippen molar-refractivity contribution in [3.05, 3.63) is 39.9 Å². The lowest BCUT2D eigenvalue weighted by Crippen LogP contribution is -2.06. The first-order valence-electron chi connectivity index (χ1n) is 7.78. The number of nitrogens with two attached hydrogens (primary N) is 1. The molecule has 3 aromatic heterocycles. The minimum Gasteiger partial charge on any atom is -0.495 e. The van der Waals surface area contributed by atoms with Crippen LogP contribution >= 0.6 is 15.9 Å². The van der Waals surface area contributed by atoms with Crippen LogP contribution in [0.2, 0.25) is 0 Å². The number of fused-ring (bicyclic) bond motifs is 1. The van der Waals surface area contributed by atoms with Crippen molar-refractivity contribution in [3.8, 4) is 5.75 Å². The van der Waals surface area contributed by atoms with Crippen LogP contribution in [-0.2, 0) is 6.54 Å². The van der Waals surface area contributed by atoms with Crippen LogP contribution in [-0.4, -0.2) is 26.6 Å². The van der Waals surface area contributed by atoms with Gasteiger partial charge in [0.1, 0.15) is 16.0 Å². The number of nitrogens with zero attached hydrogens (tertiary/aromatic N) is 4. The van der Waals surface area contributed by atoms with E-state index in [0.717, 1.165) is 33.6 Å². The first-order valence-corrected chi connectivity index (χ1v) is 8.57. The number of ether oxygens (including phenoxy) is 1. The smallest absolute Gasteiger partial charge is 0.223 e. The molecular weight excluding hydrogens is 370 g/mol. The van der Waals surface area contributed by atoms with E-state index in [1.807, 2.05) is 50.7 Å². The topological polar surface area (TPSA) is 78.8 Å². The highest BCUT2D eigenvalue weighted by Gasteiger charge is 2.13. The Balaban J connectivity index is 0.00000100. The molecule has 0 atom stereocenters. The second-order valence-electron chi connectivity index (χ2n) is 5.08. The Morgan fingerprint density at radius 2 is 1.96 bits per heavy atom. The third-order valence-corrected chi connectivity index (χ3v) is 4.30. The van der Waals surface area contributed by atoms with E-state index >= 15 is 0 Å². The molecule has 3 rings (SSSR count). The average molecular weight is 392 g/mol. The molecule has 0 spiro atoms. The molecule has 0 fully saturated rings. The predicted molar refractivity (Wildman–Crippen MR) is 100 cm³/mol. The molecular formula is C17H22BrN5O. The molecule has 0 aliphatic rings. The van der Waals surface area contributed by atoms with Crippen LogP contribution in [0.5, 0.6) is 5.75 Å². The SMILES string of the molecule is CC.COc1c(C)ncc(Cn2ccc3c(Br)nc(N)nc32)c1C. The number of anilines is 1. The molecule has 128 valence electrons. The number of methoxy groups -OCH3 is 1. The number of halogens is 1. The summed E-state index contributed by atoms with van der Waals surface area (Å²) >= 11 is 3.42. The van der Waals surface area contributed by atoms with Gasteiger partial charge in [-0.2, -0.15) is 4.98 Å². The van der Waals surface area contributed by atoms with Crippen LogP contribution in [0, 0.1) is 13.8 Å². The third kappa shape index (κ3) is 3.36. The molecule has 7 heteroatoms. The molecule has 2 N–H and O–H groups in total. The van der Waals surface area contributed by atoms with Gasteiger partial charge >= 0.3 is 0 Å². The summed E-state index contributed by atoms with van der Waals surface area (Å²) in [5.41, 5.74) is 9.58. The van der Waals surface area contributed by atoms with Gasteiger partial charge in [-0.3, -0.25) is 4.98 Å². The van der Waals surface area contributed by atoms with Gasteiger partial charge in [0.25, 0.3) is 0 Å². The molecule has 24 heavy (non-hydrogen) atoms. The van der Waals surface area contributed by atoms with Crippen molar-refractivity contribution in [3.63, 3.8) is 0 Å². The first kappa shape index (κ1) is 18.2. The minimum absolute atomic E-state index is 0.246. The summed E-state index contributed by atoms with van der Waals surface area (Å²) in [7, 11) is 1.66. The highest BCUT2D eigenvalue weighted by atomic mass is 79.9. The van der Waals surface area contributed by atoms with Crippen molar-refractivity contribution in [2.45, 2.75) is 34.2 Å². The molecule has 0 saturated carbocycles. The van der Waals surface area contributed by atoms with E-state index in [1.54, 1.807) is 7.11 Å². The van der Waals surface area contributed by atoms with Crippen molar-refractivity contribution in [2.24, 2.45) is 0 Å². The summed E-state index contributed by atoms with van der Waals surface area (Å²) in [5, 5.41) is 0.930. The molecule has 0 unspecified atom stereocenters. The minimum atomic E-state index is 0.246. The lowest BCUT2D eigenvalue weighted by Gasteiger charge is -2.13. The lowest BCUT2D eigenvalue weighted by atomic mass is 10.1. The second-order valence-corrected chi connectivity index (χ2v) is 5.83. The Kier molecular flexibility index (Phi) is 5.77. The van der Waals surface area contributed by atoms with Gasteiger partial charge in [0.15, 0.2) is 0 Å².